The second kappa shape index (κ2) is 14.0. The summed E-state index contributed by atoms with van der Waals surface area (Å²) in [6.45, 7) is 10.5. The molecule has 1 heteroatoms. The molecule has 0 spiro atoms. The Morgan fingerprint density at radius 2 is 1.15 bits per heavy atom. The molecule has 1 nitrogen and oxygen atoms in total. The largest absolute Gasteiger partial charge is 0.299 e. The highest BCUT2D eigenvalue weighted by molar-refractivity contribution is 5.84. The fourth-order valence-corrected chi connectivity index (χ4v) is 4.48. The molecule has 0 saturated carbocycles. The summed E-state index contributed by atoms with van der Waals surface area (Å²) in [5.74, 6) is 0.418. The van der Waals surface area contributed by atoms with E-state index in [9.17, 15) is 4.79 Å². The number of aryl methyl sites for hydroxylation is 3. The number of unbranched alkanes of at least 4 members (excludes halogenated alkanes) is 11. The average Bonchev–Trinajstić information content (AvgIpc) is 2.60. The molecule has 0 amide bonds. The minimum absolute atomic E-state index is 0.0914. The van der Waals surface area contributed by atoms with Crippen LogP contribution in [0, 0.1) is 20.8 Å². The molecule has 0 heterocycles. The molecule has 0 aromatic heterocycles. The van der Waals surface area contributed by atoms with Gasteiger partial charge in [-0.15, -0.1) is 0 Å². The van der Waals surface area contributed by atoms with Crippen molar-refractivity contribution in [1.82, 2.24) is 0 Å². The molecule has 1 aromatic carbocycles. The summed E-state index contributed by atoms with van der Waals surface area (Å²) in [5.41, 5.74) is 5.15. The van der Waals surface area contributed by atoms with E-state index in [0.717, 1.165) is 6.42 Å². The lowest BCUT2D eigenvalue weighted by molar-refractivity contribution is -0.118. The number of hydrogen-bond donors (Lipinski definition) is 0. The maximum Gasteiger partial charge on any atom is 0.137 e. The number of hydrogen-bond acceptors (Lipinski definition) is 1. The van der Waals surface area contributed by atoms with E-state index in [2.05, 4.69) is 39.8 Å². The SMILES string of the molecule is CCCCCCCCCCCCCCC(C(C)=O)c1c(C)cc(C)cc1C. The summed E-state index contributed by atoms with van der Waals surface area (Å²) in [6.07, 6.45) is 17.4. The number of benzene rings is 1. The third-order valence-corrected chi connectivity index (χ3v) is 5.92. The lowest BCUT2D eigenvalue weighted by atomic mass is 9.84. The van der Waals surface area contributed by atoms with Crippen LogP contribution in [0.4, 0.5) is 0 Å². The minimum atomic E-state index is 0.0914. The zero-order valence-electron chi connectivity index (χ0n) is 18.8. The van der Waals surface area contributed by atoms with Crippen LogP contribution in [-0.2, 0) is 4.79 Å². The third-order valence-electron chi connectivity index (χ3n) is 5.92. The molecule has 0 radical (unpaired) electrons. The van der Waals surface area contributed by atoms with Crippen molar-refractivity contribution in [3.8, 4) is 0 Å². The second-order valence-corrected chi connectivity index (χ2v) is 8.65. The standard InChI is InChI=1S/C26H44O/c1-6-7-8-9-10-11-12-13-14-15-16-17-18-25(24(5)27)26-22(3)19-21(2)20-23(26)4/h19-20,25H,6-18H2,1-5H3. The number of rotatable bonds is 15. The molecule has 0 aliphatic carbocycles. The maximum atomic E-state index is 12.3. The molecular formula is C26H44O. The molecule has 27 heavy (non-hydrogen) atoms. The van der Waals surface area contributed by atoms with Crippen molar-refractivity contribution < 1.29 is 4.79 Å². The fourth-order valence-electron chi connectivity index (χ4n) is 4.48. The maximum absolute atomic E-state index is 12.3. The van der Waals surface area contributed by atoms with Crippen molar-refractivity contribution in [3.05, 3.63) is 34.4 Å². The van der Waals surface area contributed by atoms with E-state index in [1.54, 1.807) is 6.92 Å². The number of carbonyl (C=O) groups is 1. The van der Waals surface area contributed by atoms with Crippen LogP contribution in [0.25, 0.3) is 0 Å². The van der Waals surface area contributed by atoms with Crippen LogP contribution in [0.15, 0.2) is 12.1 Å². The predicted molar refractivity (Wildman–Crippen MR) is 120 cm³/mol. The van der Waals surface area contributed by atoms with Crippen LogP contribution >= 0.6 is 0 Å². The number of ketones is 1. The van der Waals surface area contributed by atoms with E-state index < -0.39 is 0 Å². The van der Waals surface area contributed by atoms with Gasteiger partial charge in [-0.25, -0.2) is 0 Å². The molecule has 0 aliphatic heterocycles. The smallest absolute Gasteiger partial charge is 0.137 e. The van der Waals surface area contributed by atoms with E-state index in [1.807, 2.05) is 0 Å². The zero-order chi connectivity index (χ0) is 20.1. The summed E-state index contributed by atoms with van der Waals surface area (Å²) in [7, 11) is 0. The van der Waals surface area contributed by atoms with E-state index in [4.69, 9.17) is 0 Å². The van der Waals surface area contributed by atoms with Crippen LogP contribution in [0.5, 0.6) is 0 Å². The quantitative estimate of drug-likeness (QED) is 0.282. The highest BCUT2D eigenvalue weighted by Crippen LogP contribution is 2.30. The normalized spacial score (nSPS) is 12.3. The van der Waals surface area contributed by atoms with Gasteiger partial charge in [-0.05, 0) is 50.8 Å². The molecule has 0 aliphatic rings. The molecule has 0 fully saturated rings. The van der Waals surface area contributed by atoms with E-state index in [1.165, 1.54) is 99.3 Å². The average molecular weight is 373 g/mol. The molecular weight excluding hydrogens is 328 g/mol. The first-order valence-electron chi connectivity index (χ1n) is 11.6. The molecule has 1 unspecified atom stereocenters. The number of Topliss-reactive ketones (excluding diaryl/α,β-unsaturated/α-hetero) is 1. The van der Waals surface area contributed by atoms with Crippen LogP contribution < -0.4 is 0 Å². The van der Waals surface area contributed by atoms with Crippen LogP contribution in [0.1, 0.15) is 125 Å². The van der Waals surface area contributed by atoms with Gasteiger partial charge < -0.3 is 0 Å². The Morgan fingerprint density at radius 1 is 0.741 bits per heavy atom. The van der Waals surface area contributed by atoms with Gasteiger partial charge in [0.15, 0.2) is 0 Å². The summed E-state index contributed by atoms with van der Waals surface area (Å²) < 4.78 is 0. The van der Waals surface area contributed by atoms with E-state index in [-0.39, 0.29) is 5.92 Å². The van der Waals surface area contributed by atoms with Gasteiger partial charge in [-0.2, -0.15) is 0 Å². The highest BCUT2D eigenvalue weighted by Gasteiger charge is 2.20. The highest BCUT2D eigenvalue weighted by atomic mass is 16.1. The molecule has 154 valence electrons. The topological polar surface area (TPSA) is 17.1 Å². The van der Waals surface area contributed by atoms with Gasteiger partial charge in [0.05, 0.1) is 0 Å². The predicted octanol–water partition coefficient (Wildman–Crippen LogP) is 8.38. The Balaban J connectivity index is 2.23. The van der Waals surface area contributed by atoms with Crippen LogP contribution in [0.3, 0.4) is 0 Å². The summed E-state index contributed by atoms with van der Waals surface area (Å²) >= 11 is 0. The second-order valence-electron chi connectivity index (χ2n) is 8.65. The van der Waals surface area contributed by atoms with Crippen LogP contribution in [0.2, 0.25) is 0 Å². The molecule has 0 saturated heterocycles. The Kier molecular flexibility index (Phi) is 12.4. The fraction of sp³-hybridized carbons (Fsp3) is 0.731. The van der Waals surface area contributed by atoms with Gasteiger partial charge in [0, 0.05) is 5.92 Å². The Morgan fingerprint density at radius 3 is 1.56 bits per heavy atom. The van der Waals surface area contributed by atoms with E-state index in [0.29, 0.717) is 5.78 Å². The van der Waals surface area contributed by atoms with Crippen molar-refractivity contribution in [2.45, 2.75) is 124 Å². The van der Waals surface area contributed by atoms with Crippen molar-refractivity contribution in [1.29, 1.82) is 0 Å². The zero-order valence-corrected chi connectivity index (χ0v) is 18.8. The van der Waals surface area contributed by atoms with Gasteiger partial charge in [-0.1, -0.05) is 102 Å². The van der Waals surface area contributed by atoms with Crippen molar-refractivity contribution >= 4 is 5.78 Å². The molecule has 0 bridgehead atoms. The van der Waals surface area contributed by atoms with Crippen molar-refractivity contribution in [3.63, 3.8) is 0 Å². The Labute approximate surface area is 169 Å². The molecule has 1 aromatic rings. The van der Waals surface area contributed by atoms with E-state index >= 15 is 0 Å². The Bertz CT molecular complexity index is 520. The first-order valence-corrected chi connectivity index (χ1v) is 11.6. The van der Waals surface area contributed by atoms with Gasteiger partial charge in [0.1, 0.15) is 5.78 Å². The van der Waals surface area contributed by atoms with Gasteiger partial charge in [-0.3, -0.25) is 4.79 Å². The summed E-state index contributed by atoms with van der Waals surface area (Å²) in [6, 6.07) is 4.45. The van der Waals surface area contributed by atoms with Crippen LogP contribution in [-0.4, -0.2) is 5.78 Å². The van der Waals surface area contributed by atoms with Crippen molar-refractivity contribution in [2.24, 2.45) is 0 Å². The lowest BCUT2D eigenvalue weighted by Crippen LogP contribution is -2.12. The monoisotopic (exact) mass is 372 g/mol. The van der Waals surface area contributed by atoms with Gasteiger partial charge in [0.2, 0.25) is 0 Å². The molecule has 0 N–H and O–H groups in total. The first-order chi connectivity index (χ1) is 13.0. The molecule has 1 atom stereocenters. The van der Waals surface area contributed by atoms with Gasteiger partial charge >= 0.3 is 0 Å². The molecule has 1 rings (SSSR count). The first kappa shape index (κ1) is 23.9. The number of carbonyl (C=O) groups excluding carboxylic acids is 1. The minimum Gasteiger partial charge on any atom is -0.299 e. The summed E-state index contributed by atoms with van der Waals surface area (Å²) in [5, 5.41) is 0. The van der Waals surface area contributed by atoms with Crippen molar-refractivity contribution in [2.75, 3.05) is 0 Å². The van der Waals surface area contributed by atoms with Gasteiger partial charge in [0.25, 0.3) is 0 Å². The lowest BCUT2D eigenvalue weighted by Gasteiger charge is -2.20. The summed E-state index contributed by atoms with van der Waals surface area (Å²) in [4.78, 5) is 12.3. The third kappa shape index (κ3) is 9.58. The Hall–Kier alpha value is -1.11.